The molecular weight excluding hydrogens is 216 g/mol. The summed E-state index contributed by atoms with van der Waals surface area (Å²) in [6, 6.07) is 0. The van der Waals surface area contributed by atoms with Crippen LogP contribution in [0, 0.1) is 0 Å². The molecule has 4 N–H and O–H groups in total. The monoisotopic (exact) mass is 238 g/mol. The van der Waals surface area contributed by atoms with Gasteiger partial charge in [-0.2, -0.15) is 0 Å². The lowest BCUT2D eigenvalue weighted by Gasteiger charge is -2.11. The van der Waals surface area contributed by atoms with Crippen molar-refractivity contribution in [1.82, 2.24) is 4.98 Å². The van der Waals surface area contributed by atoms with Gasteiger partial charge in [-0.1, -0.05) is 26.2 Å². The van der Waals surface area contributed by atoms with Crippen LogP contribution in [0.5, 0.6) is 5.75 Å². The van der Waals surface area contributed by atoms with Crippen LogP contribution in [0.25, 0.3) is 0 Å². The normalized spacial score (nSPS) is 10.8. The molecule has 0 saturated heterocycles. The molecular formula is C13H22N2O2. The van der Waals surface area contributed by atoms with Crippen molar-refractivity contribution >= 4 is 0 Å². The molecule has 0 radical (unpaired) electrons. The van der Waals surface area contributed by atoms with Gasteiger partial charge in [-0.05, 0) is 12.8 Å². The summed E-state index contributed by atoms with van der Waals surface area (Å²) in [5.74, 6) is 0.163. The summed E-state index contributed by atoms with van der Waals surface area (Å²) >= 11 is 0. The fraction of sp³-hybridized carbons (Fsp3) is 0.615. The van der Waals surface area contributed by atoms with Gasteiger partial charge in [0.25, 0.3) is 0 Å². The molecule has 0 aromatic carbocycles. The van der Waals surface area contributed by atoms with Crippen LogP contribution < -0.4 is 5.73 Å². The van der Waals surface area contributed by atoms with Crippen LogP contribution in [0.15, 0.2) is 6.20 Å². The predicted octanol–water partition coefficient (Wildman–Crippen LogP) is 1.86. The Morgan fingerprint density at radius 2 is 2.06 bits per heavy atom. The Balaban J connectivity index is 2.73. The van der Waals surface area contributed by atoms with Crippen LogP contribution in [-0.4, -0.2) is 15.2 Å². The fourth-order valence-corrected chi connectivity index (χ4v) is 1.89. The topological polar surface area (TPSA) is 79.4 Å². The SMILES string of the molecule is CCCCCCc1ncc(CO)c(CN)c1O. The molecule has 0 aliphatic rings. The van der Waals surface area contributed by atoms with Crippen molar-refractivity contribution in [3.8, 4) is 5.75 Å². The van der Waals surface area contributed by atoms with Crippen LogP contribution in [0.4, 0.5) is 0 Å². The summed E-state index contributed by atoms with van der Waals surface area (Å²) in [4.78, 5) is 4.19. The number of hydrogen-bond donors (Lipinski definition) is 3. The van der Waals surface area contributed by atoms with E-state index in [2.05, 4.69) is 11.9 Å². The van der Waals surface area contributed by atoms with Crippen LogP contribution in [-0.2, 0) is 19.6 Å². The van der Waals surface area contributed by atoms with E-state index in [1.54, 1.807) is 6.20 Å². The van der Waals surface area contributed by atoms with Gasteiger partial charge >= 0.3 is 0 Å². The quantitative estimate of drug-likeness (QED) is 0.633. The largest absolute Gasteiger partial charge is 0.506 e. The lowest BCUT2D eigenvalue weighted by molar-refractivity contribution is 0.279. The molecule has 0 spiro atoms. The van der Waals surface area contributed by atoms with Gasteiger partial charge < -0.3 is 15.9 Å². The highest BCUT2D eigenvalue weighted by atomic mass is 16.3. The second kappa shape index (κ2) is 7.25. The third-order valence-corrected chi connectivity index (χ3v) is 2.96. The summed E-state index contributed by atoms with van der Waals surface area (Å²) in [7, 11) is 0. The van der Waals surface area contributed by atoms with E-state index in [-0.39, 0.29) is 18.9 Å². The van der Waals surface area contributed by atoms with Gasteiger partial charge in [-0.3, -0.25) is 4.98 Å². The molecule has 0 fully saturated rings. The summed E-state index contributed by atoms with van der Waals surface area (Å²) in [6.45, 7) is 2.26. The Labute approximate surface area is 102 Å². The smallest absolute Gasteiger partial charge is 0.141 e. The minimum Gasteiger partial charge on any atom is -0.506 e. The Bertz CT molecular complexity index is 354. The van der Waals surface area contributed by atoms with Crippen molar-refractivity contribution in [2.24, 2.45) is 5.73 Å². The zero-order chi connectivity index (χ0) is 12.7. The molecule has 0 amide bonds. The van der Waals surface area contributed by atoms with Gasteiger partial charge in [-0.15, -0.1) is 0 Å². The molecule has 96 valence electrons. The molecule has 0 atom stereocenters. The fourth-order valence-electron chi connectivity index (χ4n) is 1.89. The van der Waals surface area contributed by atoms with E-state index in [0.29, 0.717) is 16.8 Å². The van der Waals surface area contributed by atoms with E-state index in [9.17, 15) is 5.11 Å². The van der Waals surface area contributed by atoms with Gasteiger partial charge in [-0.25, -0.2) is 0 Å². The van der Waals surface area contributed by atoms with Gasteiger partial charge in [0.15, 0.2) is 0 Å². The highest BCUT2D eigenvalue weighted by Crippen LogP contribution is 2.25. The van der Waals surface area contributed by atoms with E-state index < -0.39 is 0 Å². The lowest BCUT2D eigenvalue weighted by Crippen LogP contribution is -2.06. The molecule has 4 heteroatoms. The van der Waals surface area contributed by atoms with E-state index >= 15 is 0 Å². The molecule has 0 aliphatic heterocycles. The molecule has 1 heterocycles. The molecule has 0 unspecified atom stereocenters. The summed E-state index contributed by atoms with van der Waals surface area (Å²) in [5, 5.41) is 19.1. The summed E-state index contributed by atoms with van der Waals surface area (Å²) < 4.78 is 0. The van der Waals surface area contributed by atoms with Crippen molar-refractivity contribution in [2.45, 2.75) is 52.2 Å². The summed E-state index contributed by atoms with van der Waals surface area (Å²) in [6.07, 6.45) is 6.95. The molecule has 4 nitrogen and oxygen atoms in total. The van der Waals surface area contributed by atoms with Gasteiger partial charge in [0, 0.05) is 23.9 Å². The Kier molecular flexibility index (Phi) is 5.94. The average molecular weight is 238 g/mol. The minimum absolute atomic E-state index is 0.136. The van der Waals surface area contributed by atoms with Gasteiger partial charge in [0.2, 0.25) is 0 Å². The molecule has 0 aliphatic carbocycles. The van der Waals surface area contributed by atoms with E-state index in [4.69, 9.17) is 10.8 Å². The highest BCUT2D eigenvalue weighted by molar-refractivity contribution is 5.41. The number of aromatic nitrogens is 1. The first-order chi connectivity index (χ1) is 8.24. The minimum atomic E-state index is -0.136. The van der Waals surface area contributed by atoms with E-state index in [1.165, 1.54) is 12.8 Å². The highest BCUT2D eigenvalue weighted by Gasteiger charge is 2.11. The molecule has 0 bridgehead atoms. The Morgan fingerprint density at radius 1 is 1.29 bits per heavy atom. The van der Waals surface area contributed by atoms with Gasteiger partial charge in [0.05, 0.1) is 12.3 Å². The average Bonchev–Trinajstić information content (AvgIpc) is 2.35. The van der Waals surface area contributed by atoms with Crippen molar-refractivity contribution in [3.63, 3.8) is 0 Å². The second-order valence-corrected chi connectivity index (χ2v) is 4.23. The number of nitrogens with zero attached hydrogens (tertiary/aromatic N) is 1. The number of unbranched alkanes of at least 4 members (excludes halogenated alkanes) is 3. The first-order valence-corrected chi connectivity index (χ1v) is 6.24. The number of rotatable bonds is 7. The van der Waals surface area contributed by atoms with Crippen LogP contribution in [0.2, 0.25) is 0 Å². The third-order valence-electron chi connectivity index (χ3n) is 2.96. The van der Waals surface area contributed by atoms with Crippen molar-refractivity contribution in [3.05, 3.63) is 23.0 Å². The number of aromatic hydroxyl groups is 1. The molecule has 17 heavy (non-hydrogen) atoms. The number of aliphatic hydroxyl groups excluding tert-OH is 1. The van der Waals surface area contributed by atoms with Crippen molar-refractivity contribution in [2.75, 3.05) is 0 Å². The zero-order valence-electron chi connectivity index (χ0n) is 10.4. The number of aryl methyl sites for hydroxylation is 1. The van der Waals surface area contributed by atoms with E-state index in [1.807, 2.05) is 0 Å². The molecule has 0 saturated carbocycles. The van der Waals surface area contributed by atoms with E-state index in [0.717, 1.165) is 19.3 Å². The first-order valence-electron chi connectivity index (χ1n) is 6.24. The van der Waals surface area contributed by atoms with Crippen LogP contribution in [0.3, 0.4) is 0 Å². The van der Waals surface area contributed by atoms with Gasteiger partial charge in [0.1, 0.15) is 5.75 Å². The number of aliphatic hydroxyl groups is 1. The number of pyridine rings is 1. The number of hydrogen-bond acceptors (Lipinski definition) is 4. The predicted molar refractivity (Wildman–Crippen MR) is 67.6 cm³/mol. The van der Waals surface area contributed by atoms with Crippen molar-refractivity contribution < 1.29 is 10.2 Å². The van der Waals surface area contributed by atoms with Crippen LogP contribution >= 0.6 is 0 Å². The maximum atomic E-state index is 10.0. The Morgan fingerprint density at radius 3 is 2.65 bits per heavy atom. The Hall–Kier alpha value is -1.13. The first kappa shape index (κ1) is 13.9. The van der Waals surface area contributed by atoms with Crippen LogP contribution in [0.1, 0.15) is 49.4 Å². The summed E-state index contributed by atoms with van der Waals surface area (Å²) in [5.41, 5.74) is 7.50. The molecule has 1 aromatic rings. The lowest BCUT2D eigenvalue weighted by atomic mass is 10.0. The zero-order valence-corrected chi connectivity index (χ0v) is 10.4. The van der Waals surface area contributed by atoms with Crippen molar-refractivity contribution in [1.29, 1.82) is 0 Å². The maximum Gasteiger partial charge on any atom is 0.141 e. The maximum absolute atomic E-state index is 10.0. The molecule has 1 aromatic heterocycles. The second-order valence-electron chi connectivity index (χ2n) is 4.23. The molecule has 1 rings (SSSR count). The standard InChI is InChI=1S/C13H22N2O2/c1-2-3-4-5-6-12-13(17)11(7-14)10(9-16)8-15-12/h8,16-17H,2-7,9,14H2,1H3. The third kappa shape index (κ3) is 3.68. The number of nitrogens with two attached hydrogens (primary N) is 1.